The average Bonchev–Trinajstić information content (AvgIpc) is 2.18. The zero-order valence-electron chi connectivity index (χ0n) is 9.04. The number of carbonyl (C=O) groups excluding carboxylic acids is 1. The number of nitrogens with two attached hydrogens (primary N) is 2. The van der Waals surface area contributed by atoms with Gasteiger partial charge in [0.1, 0.15) is 5.75 Å². The van der Waals surface area contributed by atoms with Crippen LogP contribution in [0, 0.1) is 11.8 Å². The van der Waals surface area contributed by atoms with Crippen LogP contribution in [-0.2, 0) is 4.79 Å². The van der Waals surface area contributed by atoms with Crippen LogP contribution in [0.5, 0.6) is 5.75 Å². The van der Waals surface area contributed by atoms with Gasteiger partial charge < -0.3 is 16.2 Å². The van der Waals surface area contributed by atoms with E-state index in [0.717, 1.165) is 12.1 Å². The summed E-state index contributed by atoms with van der Waals surface area (Å²) in [4.78, 5) is 10.4. The minimum atomic E-state index is -4.77. The Morgan fingerprint density at radius 1 is 1.39 bits per heavy atom. The van der Waals surface area contributed by atoms with Crippen LogP contribution < -0.4 is 16.2 Å². The van der Waals surface area contributed by atoms with E-state index in [1.165, 1.54) is 6.07 Å². The molecular weight excluding hydrogens is 249 g/mol. The van der Waals surface area contributed by atoms with Crippen LogP contribution in [0.3, 0.4) is 0 Å². The molecule has 4 N–H and O–H groups in total. The number of rotatable bonds is 2. The molecule has 1 rings (SSSR count). The van der Waals surface area contributed by atoms with Crippen LogP contribution in [0.4, 0.5) is 18.9 Å². The fraction of sp³-hybridized carbons (Fsp3) is 0.182. The van der Waals surface area contributed by atoms with Crippen LogP contribution in [0.25, 0.3) is 0 Å². The molecule has 0 aliphatic carbocycles. The first-order valence-electron chi connectivity index (χ1n) is 4.70. The molecular formula is C11H9F3N2O2. The molecule has 0 fully saturated rings. The van der Waals surface area contributed by atoms with Gasteiger partial charge in [0.25, 0.3) is 0 Å². The molecule has 0 unspecified atom stereocenters. The summed E-state index contributed by atoms with van der Waals surface area (Å²) >= 11 is 0. The third-order valence-electron chi connectivity index (χ3n) is 1.74. The number of anilines is 1. The number of halogens is 3. The van der Waals surface area contributed by atoms with Crippen molar-refractivity contribution in [1.29, 1.82) is 0 Å². The fourth-order valence-electron chi connectivity index (χ4n) is 1.08. The second-order valence-electron chi connectivity index (χ2n) is 3.24. The summed E-state index contributed by atoms with van der Waals surface area (Å²) in [5.41, 5.74) is 10.7. The second-order valence-corrected chi connectivity index (χ2v) is 3.24. The van der Waals surface area contributed by atoms with Gasteiger partial charge in [-0.1, -0.05) is 11.8 Å². The number of nitrogen functional groups attached to an aromatic ring is 1. The van der Waals surface area contributed by atoms with E-state index in [0.29, 0.717) is 5.56 Å². The van der Waals surface area contributed by atoms with Crippen molar-refractivity contribution in [1.82, 2.24) is 0 Å². The van der Waals surface area contributed by atoms with E-state index in [2.05, 4.69) is 16.6 Å². The minimum absolute atomic E-state index is 0.0220. The molecule has 0 aliphatic rings. The normalized spacial score (nSPS) is 10.4. The number of primary amides is 1. The van der Waals surface area contributed by atoms with Crippen LogP contribution in [0.2, 0.25) is 0 Å². The summed E-state index contributed by atoms with van der Waals surface area (Å²) in [6, 6.07) is 3.35. The Hall–Kier alpha value is -2.36. The Balaban J connectivity index is 2.85. The average molecular weight is 258 g/mol. The van der Waals surface area contributed by atoms with E-state index in [1.54, 1.807) is 0 Å². The number of amides is 1. The van der Waals surface area contributed by atoms with Gasteiger partial charge in [0, 0.05) is 11.6 Å². The van der Waals surface area contributed by atoms with Crippen LogP contribution >= 0.6 is 0 Å². The van der Waals surface area contributed by atoms with Gasteiger partial charge in [0.2, 0.25) is 5.91 Å². The van der Waals surface area contributed by atoms with Gasteiger partial charge in [0.05, 0.1) is 12.1 Å². The molecule has 96 valence electrons. The molecule has 0 spiro atoms. The zero-order valence-corrected chi connectivity index (χ0v) is 9.04. The Morgan fingerprint density at radius 3 is 2.56 bits per heavy atom. The predicted molar refractivity (Wildman–Crippen MR) is 58.2 cm³/mol. The van der Waals surface area contributed by atoms with E-state index < -0.39 is 18.0 Å². The highest BCUT2D eigenvalue weighted by Gasteiger charge is 2.31. The molecule has 1 amide bonds. The topological polar surface area (TPSA) is 78.3 Å². The molecule has 0 aromatic heterocycles. The van der Waals surface area contributed by atoms with E-state index >= 15 is 0 Å². The highest BCUT2D eigenvalue weighted by atomic mass is 19.4. The third kappa shape index (κ3) is 4.65. The molecule has 0 radical (unpaired) electrons. The van der Waals surface area contributed by atoms with Crippen molar-refractivity contribution in [2.75, 3.05) is 5.73 Å². The lowest BCUT2D eigenvalue weighted by molar-refractivity contribution is -0.274. The van der Waals surface area contributed by atoms with Gasteiger partial charge in [-0.3, -0.25) is 4.79 Å². The van der Waals surface area contributed by atoms with Crippen molar-refractivity contribution < 1.29 is 22.7 Å². The van der Waals surface area contributed by atoms with Crippen LogP contribution in [0.1, 0.15) is 12.0 Å². The van der Waals surface area contributed by atoms with Crippen molar-refractivity contribution in [3.63, 3.8) is 0 Å². The van der Waals surface area contributed by atoms with Gasteiger partial charge in [-0.25, -0.2) is 0 Å². The molecule has 0 atom stereocenters. The maximum Gasteiger partial charge on any atom is 0.573 e. The molecule has 0 bridgehead atoms. The van der Waals surface area contributed by atoms with Gasteiger partial charge in [-0.15, -0.1) is 13.2 Å². The highest BCUT2D eigenvalue weighted by Crippen LogP contribution is 2.25. The van der Waals surface area contributed by atoms with Crippen molar-refractivity contribution in [2.45, 2.75) is 12.8 Å². The van der Waals surface area contributed by atoms with Crippen molar-refractivity contribution >= 4 is 11.6 Å². The molecule has 1 aromatic rings. The Labute approximate surface area is 101 Å². The minimum Gasteiger partial charge on any atom is -0.406 e. The van der Waals surface area contributed by atoms with Crippen molar-refractivity contribution in [2.24, 2.45) is 5.73 Å². The summed E-state index contributed by atoms with van der Waals surface area (Å²) < 4.78 is 39.4. The Bertz CT molecular complexity index is 515. The SMILES string of the molecule is NC(=O)CC#Cc1ccc(OC(F)(F)F)cc1N. The summed E-state index contributed by atoms with van der Waals surface area (Å²) in [6.07, 6.45) is -4.92. The number of benzene rings is 1. The molecule has 0 saturated carbocycles. The summed E-state index contributed by atoms with van der Waals surface area (Å²) in [5.74, 6) is 3.93. The molecule has 0 saturated heterocycles. The largest absolute Gasteiger partial charge is 0.573 e. The molecule has 4 nitrogen and oxygen atoms in total. The number of hydrogen-bond acceptors (Lipinski definition) is 3. The summed E-state index contributed by atoms with van der Waals surface area (Å²) in [6.45, 7) is 0. The lowest BCUT2D eigenvalue weighted by Gasteiger charge is -2.09. The first-order chi connectivity index (χ1) is 8.28. The maximum atomic E-state index is 11.9. The molecule has 1 aromatic carbocycles. The zero-order chi connectivity index (χ0) is 13.8. The monoisotopic (exact) mass is 258 g/mol. The van der Waals surface area contributed by atoms with E-state index in [1.807, 2.05) is 0 Å². The first-order valence-corrected chi connectivity index (χ1v) is 4.70. The second kappa shape index (κ2) is 5.31. The van der Waals surface area contributed by atoms with E-state index in [4.69, 9.17) is 11.5 Å². The molecule has 7 heteroatoms. The molecule has 18 heavy (non-hydrogen) atoms. The standard InChI is InChI=1S/C11H9F3N2O2/c12-11(13,14)18-8-5-4-7(9(15)6-8)2-1-3-10(16)17/h4-6H,3,15H2,(H2,16,17). The highest BCUT2D eigenvalue weighted by molar-refractivity contribution is 5.76. The summed E-state index contributed by atoms with van der Waals surface area (Å²) in [5, 5.41) is 0. The number of ether oxygens (including phenoxy) is 1. The number of alkyl halides is 3. The predicted octanol–water partition coefficient (Wildman–Crippen LogP) is 1.39. The number of carbonyl (C=O) groups is 1. The van der Waals surface area contributed by atoms with Crippen molar-refractivity contribution in [3.05, 3.63) is 23.8 Å². The lowest BCUT2D eigenvalue weighted by atomic mass is 10.1. The van der Waals surface area contributed by atoms with Gasteiger partial charge in [0.15, 0.2) is 0 Å². The third-order valence-corrected chi connectivity index (χ3v) is 1.74. The smallest absolute Gasteiger partial charge is 0.406 e. The maximum absolute atomic E-state index is 11.9. The van der Waals surface area contributed by atoms with E-state index in [9.17, 15) is 18.0 Å². The fourth-order valence-corrected chi connectivity index (χ4v) is 1.08. The van der Waals surface area contributed by atoms with Crippen LogP contribution in [0.15, 0.2) is 18.2 Å². The quantitative estimate of drug-likeness (QED) is 0.621. The van der Waals surface area contributed by atoms with Gasteiger partial charge in [-0.2, -0.15) is 0 Å². The van der Waals surface area contributed by atoms with Crippen LogP contribution in [-0.4, -0.2) is 12.3 Å². The summed E-state index contributed by atoms with van der Waals surface area (Å²) in [7, 11) is 0. The lowest BCUT2D eigenvalue weighted by Crippen LogP contribution is -2.17. The molecule has 0 aliphatic heterocycles. The Kier molecular flexibility index (Phi) is 4.05. The van der Waals surface area contributed by atoms with Gasteiger partial charge >= 0.3 is 6.36 Å². The van der Waals surface area contributed by atoms with E-state index in [-0.39, 0.29) is 12.1 Å². The molecule has 0 heterocycles. The first kappa shape index (κ1) is 13.7. The van der Waals surface area contributed by atoms with Crippen molar-refractivity contribution in [3.8, 4) is 17.6 Å². The number of hydrogen-bond donors (Lipinski definition) is 2. The Morgan fingerprint density at radius 2 is 2.06 bits per heavy atom. The van der Waals surface area contributed by atoms with Gasteiger partial charge in [-0.05, 0) is 12.1 Å².